The van der Waals surface area contributed by atoms with E-state index in [1.165, 1.54) is 0 Å². The Labute approximate surface area is 129 Å². The number of benzene rings is 1. The van der Waals surface area contributed by atoms with E-state index in [9.17, 15) is 4.79 Å². The summed E-state index contributed by atoms with van der Waals surface area (Å²) >= 11 is 0. The molecule has 1 aromatic heterocycles. The van der Waals surface area contributed by atoms with E-state index in [0.29, 0.717) is 25.5 Å². The van der Waals surface area contributed by atoms with Crippen molar-refractivity contribution in [3.63, 3.8) is 0 Å². The summed E-state index contributed by atoms with van der Waals surface area (Å²) in [6.07, 6.45) is 1.76. The van der Waals surface area contributed by atoms with E-state index in [1.807, 2.05) is 37.3 Å². The van der Waals surface area contributed by atoms with Crippen LogP contribution in [0, 0.1) is 6.92 Å². The van der Waals surface area contributed by atoms with Crippen LogP contribution in [0.4, 0.5) is 0 Å². The number of aromatic amines is 1. The predicted molar refractivity (Wildman–Crippen MR) is 80.5 cm³/mol. The molecule has 2 heterocycles. The zero-order chi connectivity index (χ0) is 15.4. The van der Waals surface area contributed by atoms with Crippen LogP contribution in [0.5, 0.6) is 5.75 Å². The van der Waals surface area contributed by atoms with Crippen LogP contribution in [0.15, 0.2) is 36.5 Å². The molecular weight excluding hydrogens is 282 g/mol. The van der Waals surface area contributed by atoms with E-state index in [4.69, 9.17) is 9.47 Å². The molecule has 0 saturated carbocycles. The standard InChI is InChI=1S/C16H19N3O3/c1-12-9-17-16(18-12)14-10-21-8-7-19(14)15(20)11-22-13-5-3-2-4-6-13/h2-6,9,14H,7-8,10-11H2,1H3,(H,17,18)/t14-/m1/s1. The van der Waals surface area contributed by atoms with Gasteiger partial charge in [0, 0.05) is 18.4 Å². The van der Waals surface area contributed by atoms with Crippen molar-refractivity contribution in [1.29, 1.82) is 0 Å². The molecule has 6 heteroatoms. The van der Waals surface area contributed by atoms with Gasteiger partial charge in [0.05, 0.1) is 13.2 Å². The first kappa shape index (κ1) is 14.6. The maximum Gasteiger partial charge on any atom is 0.261 e. The largest absolute Gasteiger partial charge is 0.484 e. The van der Waals surface area contributed by atoms with Crippen LogP contribution in [-0.4, -0.2) is 47.1 Å². The molecule has 0 unspecified atom stereocenters. The summed E-state index contributed by atoms with van der Waals surface area (Å²) in [5.41, 5.74) is 0.966. The second-order valence-electron chi connectivity index (χ2n) is 5.23. The molecular formula is C16H19N3O3. The predicted octanol–water partition coefficient (Wildman–Crippen LogP) is 1.70. The molecule has 0 bridgehead atoms. The quantitative estimate of drug-likeness (QED) is 0.933. The summed E-state index contributed by atoms with van der Waals surface area (Å²) in [6, 6.07) is 9.15. The fraction of sp³-hybridized carbons (Fsp3) is 0.375. The van der Waals surface area contributed by atoms with Gasteiger partial charge in [-0.15, -0.1) is 0 Å². The number of carbonyl (C=O) groups is 1. The van der Waals surface area contributed by atoms with E-state index in [2.05, 4.69) is 9.97 Å². The van der Waals surface area contributed by atoms with Crippen LogP contribution in [0.1, 0.15) is 17.6 Å². The fourth-order valence-corrected chi connectivity index (χ4v) is 2.48. The Morgan fingerprint density at radius 3 is 3.00 bits per heavy atom. The fourth-order valence-electron chi connectivity index (χ4n) is 2.48. The highest BCUT2D eigenvalue weighted by Gasteiger charge is 2.30. The number of hydrogen-bond acceptors (Lipinski definition) is 4. The number of morpholine rings is 1. The minimum absolute atomic E-state index is 0.0141. The Bertz CT molecular complexity index is 627. The van der Waals surface area contributed by atoms with Crippen LogP contribution in [0.25, 0.3) is 0 Å². The van der Waals surface area contributed by atoms with Crippen LogP contribution in [0.3, 0.4) is 0 Å². The lowest BCUT2D eigenvalue weighted by molar-refractivity contribution is -0.142. The lowest BCUT2D eigenvalue weighted by atomic mass is 10.2. The van der Waals surface area contributed by atoms with Gasteiger partial charge >= 0.3 is 0 Å². The van der Waals surface area contributed by atoms with Gasteiger partial charge in [-0.1, -0.05) is 18.2 Å². The Hall–Kier alpha value is -2.34. The van der Waals surface area contributed by atoms with Crippen LogP contribution in [0.2, 0.25) is 0 Å². The molecule has 3 rings (SSSR count). The molecule has 116 valence electrons. The Morgan fingerprint density at radius 1 is 1.45 bits per heavy atom. The van der Waals surface area contributed by atoms with E-state index < -0.39 is 0 Å². The van der Waals surface area contributed by atoms with Crippen molar-refractivity contribution >= 4 is 5.91 Å². The number of amides is 1. The van der Waals surface area contributed by atoms with Crippen molar-refractivity contribution in [2.24, 2.45) is 0 Å². The van der Waals surface area contributed by atoms with Gasteiger partial charge in [0.1, 0.15) is 17.6 Å². The molecule has 1 aliphatic heterocycles. The maximum atomic E-state index is 12.5. The van der Waals surface area contributed by atoms with E-state index in [0.717, 1.165) is 11.5 Å². The molecule has 1 aromatic carbocycles. The van der Waals surface area contributed by atoms with Gasteiger partial charge in [0.15, 0.2) is 6.61 Å². The number of aryl methyl sites for hydroxylation is 1. The number of rotatable bonds is 4. The third-order valence-electron chi connectivity index (χ3n) is 3.59. The van der Waals surface area contributed by atoms with E-state index in [-0.39, 0.29) is 18.6 Å². The van der Waals surface area contributed by atoms with Crippen molar-refractivity contribution in [3.8, 4) is 5.75 Å². The number of para-hydroxylation sites is 1. The van der Waals surface area contributed by atoms with Crippen LogP contribution >= 0.6 is 0 Å². The lowest BCUT2D eigenvalue weighted by Gasteiger charge is -2.34. The van der Waals surface area contributed by atoms with Crippen molar-refractivity contribution in [2.75, 3.05) is 26.4 Å². The Balaban J connectivity index is 1.66. The minimum atomic E-state index is -0.186. The van der Waals surface area contributed by atoms with Gasteiger partial charge in [-0.3, -0.25) is 4.79 Å². The van der Waals surface area contributed by atoms with Gasteiger partial charge in [0.25, 0.3) is 5.91 Å². The zero-order valence-electron chi connectivity index (χ0n) is 12.5. The molecule has 1 aliphatic rings. The third kappa shape index (κ3) is 3.28. The summed E-state index contributed by atoms with van der Waals surface area (Å²) in [6.45, 7) is 3.48. The summed E-state index contributed by atoms with van der Waals surface area (Å²) in [5, 5.41) is 0. The molecule has 6 nitrogen and oxygen atoms in total. The molecule has 1 saturated heterocycles. The minimum Gasteiger partial charge on any atom is -0.484 e. The average molecular weight is 301 g/mol. The second kappa shape index (κ2) is 6.62. The molecule has 22 heavy (non-hydrogen) atoms. The number of aromatic nitrogens is 2. The van der Waals surface area contributed by atoms with Crippen molar-refractivity contribution in [1.82, 2.24) is 14.9 Å². The van der Waals surface area contributed by atoms with Gasteiger partial charge in [-0.25, -0.2) is 4.98 Å². The second-order valence-corrected chi connectivity index (χ2v) is 5.23. The van der Waals surface area contributed by atoms with Gasteiger partial charge in [-0.2, -0.15) is 0 Å². The first-order valence-corrected chi connectivity index (χ1v) is 7.30. The number of H-pyrrole nitrogens is 1. The molecule has 1 fully saturated rings. The van der Waals surface area contributed by atoms with Gasteiger partial charge < -0.3 is 19.4 Å². The topological polar surface area (TPSA) is 67.4 Å². The van der Waals surface area contributed by atoms with Crippen molar-refractivity contribution in [3.05, 3.63) is 48.0 Å². The highest BCUT2D eigenvalue weighted by Crippen LogP contribution is 2.22. The first-order valence-electron chi connectivity index (χ1n) is 7.30. The van der Waals surface area contributed by atoms with Gasteiger partial charge in [0.2, 0.25) is 0 Å². The lowest BCUT2D eigenvalue weighted by Crippen LogP contribution is -2.45. The van der Waals surface area contributed by atoms with Crippen molar-refractivity contribution < 1.29 is 14.3 Å². The number of nitrogens with one attached hydrogen (secondary N) is 1. The average Bonchev–Trinajstić information content (AvgIpc) is 3.00. The molecule has 0 radical (unpaired) electrons. The molecule has 0 spiro atoms. The number of nitrogens with zero attached hydrogens (tertiary/aromatic N) is 2. The molecule has 1 amide bonds. The molecule has 0 aliphatic carbocycles. The smallest absolute Gasteiger partial charge is 0.261 e. The van der Waals surface area contributed by atoms with Crippen LogP contribution in [-0.2, 0) is 9.53 Å². The number of ether oxygens (including phenoxy) is 2. The normalized spacial score (nSPS) is 18.2. The Kier molecular flexibility index (Phi) is 4.39. The summed E-state index contributed by atoms with van der Waals surface area (Å²) in [4.78, 5) is 21.7. The molecule has 1 N–H and O–H groups in total. The number of imidazole rings is 1. The summed E-state index contributed by atoms with van der Waals surface area (Å²) in [7, 11) is 0. The molecule has 2 aromatic rings. The van der Waals surface area contributed by atoms with Gasteiger partial charge in [-0.05, 0) is 19.1 Å². The number of hydrogen-bond donors (Lipinski definition) is 1. The van der Waals surface area contributed by atoms with E-state index >= 15 is 0 Å². The highest BCUT2D eigenvalue weighted by atomic mass is 16.5. The maximum absolute atomic E-state index is 12.5. The number of carbonyl (C=O) groups excluding carboxylic acids is 1. The molecule has 1 atom stereocenters. The summed E-state index contributed by atoms with van der Waals surface area (Å²) < 4.78 is 11.0. The zero-order valence-corrected chi connectivity index (χ0v) is 12.5. The first-order chi connectivity index (χ1) is 10.7. The van der Waals surface area contributed by atoms with Crippen molar-refractivity contribution in [2.45, 2.75) is 13.0 Å². The van der Waals surface area contributed by atoms with Crippen LogP contribution < -0.4 is 4.74 Å². The monoisotopic (exact) mass is 301 g/mol. The SMILES string of the molecule is Cc1cnc([C@H]2COCCN2C(=O)COc2ccccc2)[nH]1. The highest BCUT2D eigenvalue weighted by molar-refractivity contribution is 5.78. The summed E-state index contributed by atoms with van der Waals surface area (Å²) in [5.74, 6) is 1.38. The Morgan fingerprint density at radius 2 is 2.27 bits per heavy atom. The van der Waals surface area contributed by atoms with E-state index in [1.54, 1.807) is 11.1 Å². The third-order valence-corrected chi connectivity index (χ3v) is 3.59.